The van der Waals surface area contributed by atoms with E-state index < -0.39 is 0 Å². The van der Waals surface area contributed by atoms with E-state index in [1.807, 2.05) is 19.1 Å². The summed E-state index contributed by atoms with van der Waals surface area (Å²) in [6.07, 6.45) is 0. The molecule has 9 heteroatoms. The first-order valence-electron chi connectivity index (χ1n) is 10.3. The van der Waals surface area contributed by atoms with Crippen molar-refractivity contribution in [2.45, 2.75) is 33.4 Å². The van der Waals surface area contributed by atoms with Crippen LogP contribution in [0.1, 0.15) is 26.3 Å². The van der Waals surface area contributed by atoms with Gasteiger partial charge < -0.3 is 24.8 Å². The zero-order valence-electron chi connectivity index (χ0n) is 18.7. The lowest BCUT2D eigenvalue weighted by Crippen LogP contribution is -2.52. The van der Waals surface area contributed by atoms with Crippen molar-refractivity contribution in [3.63, 3.8) is 0 Å². The number of hydrogen-bond acceptors (Lipinski definition) is 5. The van der Waals surface area contributed by atoms with Gasteiger partial charge in [0.25, 0.3) is 0 Å². The molecule has 1 atom stereocenters. The third-order valence-corrected chi connectivity index (χ3v) is 5.31. The first-order chi connectivity index (χ1) is 14.0. The summed E-state index contributed by atoms with van der Waals surface area (Å²) in [6, 6.07) is 4.25. The van der Waals surface area contributed by atoms with Gasteiger partial charge in [0.15, 0.2) is 17.5 Å². The van der Waals surface area contributed by atoms with Crippen LogP contribution in [0, 0.1) is 5.92 Å². The van der Waals surface area contributed by atoms with Crippen LogP contribution in [0.3, 0.4) is 0 Å². The molecular formula is C21H36ClIN4O3. The SMILES string of the molecule is CCOc1c(Cl)cc(CNC(=NC)NCC(C(C)C)N2CCOCC2)cc1OC.I. The van der Waals surface area contributed by atoms with Gasteiger partial charge in [0, 0.05) is 39.3 Å². The fraction of sp³-hybridized carbons (Fsp3) is 0.667. The fourth-order valence-electron chi connectivity index (χ4n) is 3.46. The van der Waals surface area contributed by atoms with Crippen molar-refractivity contribution in [2.75, 3.05) is 53.6 Å². The second kappa shape index (κ2) is 14.2. The zero-order chi connectivity index (χ0) is 21.2. The Bertz CT molecular complexity index is 670. The largest absolute Gasteiger partial charge is 0.493 e. The molecule has 172 valence electrons. The average Bonchev–Trinajstić information content (AvgIpc) is 2.72. The van der Waals surface area contributed by atoms with Crippen LogP contribution in [0.25, 0.3) is 0 Å². The van der Waals surface area contributed by atoms with Crippen LogP contribution in [-0.2, 0) is 11.3 Å². The second-order valence-corrected chi connectivity index (χ2v) is 7.72. The molecule has 1 aromatic carbocycles. The highest BCUT2D eigenvalue weighted by Gasteiger charge is 2.24. The summed E-state index contributed by atoms with van der Waals surface area (Å²) >= 11 is 6.37. The van der Waals surface area contributed by atoms with Crippen molar-refractivity contribution >= 4 is 41.5 Å². The quantitative estimate of drug-likeness (QED) is 0.277. The van der Waals surface area contributed by atoms with Crippen molar-refractivity contribution < 1.29 is 14.2 Å². The Hall–Kier alpha value is -0.970. The van der Waals surface area contributed by atoms with Gasteiger partial charge in [-0.25, -0.2) is 0 Å². The molecule has 2 N–H and O–H groups in total. The van der Waals surface area contributed by atoms with E-state index in [-0.39, 0.29) is 24.0 Å². The van der Waals surface area contributed by atoms with E-state index in [4.69, 9.17) is 25.8 Å². The molecule has 1 fully saturated rings. The van der Waals surface area contributed by atoms with Crippen molar-refractivity contribution in [3.05, 3.63) is 22.7 Å². The molecule has 0 radical (unpaired) electrons. The first kappa shape index (κ1) is 27.1. The summed E-state index contributed by atoms with van der Waals surface area (Å²) in [5.74, 6) is 2.50. The number of aliphatic imine (C=N–C) groups is 1. The molecule has 1 unspecified atom stereocenters. The first-order valence-corrected chi connectivity index (χ1v) is 10.6. The van der Waals surface area contributed by atoms with Gasteiger partial charge in [-0.2, -0.15) is 0 Å². The number of nitrogens with one attached hydrogen (secondary N) is 2. The lowest BCUT2D eigenvalue weighted by atomic mass is 10.0. The topological polar surface area (TPSA) is 67.4 Å². The standard InChI is InChI=1S/C21H35ClN4O3.HI/c1-6-29-20-17(22)11-16(12-19(20)27-5)13-24-21(23-4)25-14-18(15(2)3)26-7-9-28-10-8-26;/h11-12,15,18H,6-10,13-14H2,1-5H3,(H2,23,24,25);1H. The third-order valence-electron chi connectivity index (χ3n) is 5.02. The average molecular weight is 555 g/mol. The van der Waals surface area contributed by atoms with Gasteiger partial charge in [0.2, 0.25) is 0 Å². The predicted octanol–water partition coefficient (Wildman–Crippen LogP) is 3.39. The Labute approximate surface area is 202 Å². The van der Waals surface area contributed by atoms with Crippen LogP contribution in [-0.4, -0.2) is 70.5 Å². The molecule has 0 amide bonds. The number of hydrogen-bond donors (Lipinski definition) is 2. The summed E-state index contributed by atoms with van der Waals surface area (Å²) in [5.41, 5.74) is 0.992. The number of nitrogens with zero attached hydrogens (tertiary/aromatic N) is 2. The van der Waals surface area contributed by atoms with E-state index in [1.54, 1.807) is 14.2 Å². The number of morpholine rings is 1. The number of benzene rings is 1. The van der Waals surface area contributed by atoms with Crippen molar-refractivity contribution in [3.8, 4) is 11.5 Å². The fourth-order valence-corrected chi connectivity index (χ4v) is 3.75. The van der Waals surface area contributed by atoms with Crippen LogP contribution in [0.5, 0.6) is 11.5 Å². The lowest BCUT2D eigenvalue weighted by Gasteiger charge is -2.37. The Morgan fingerprint density at radius 3 is 2.53 bits per heavy atom. The minimum absolute atomic E-state index is 0. The second-order valence-electron chi connectivity index (χ2n) is 7.31. The Morgan fingerprint density at radius 1 is 1.27 bits per heavy atom. The van der Waals surface area contributed by atoms with E-state index in [0.717, 1.165) is 44.4 Å². The zero-order valence-corrected chi connectivity index (χ0v) is 21.8. The normalized spacial score (nSPS) is 16.0. The minimum atomic E-state index is 0. The summed E-state index contributed by atoms with van der Waals surface area (Å²) in [7, 11) is 3.39. The summed E-state index contributed by atoms with van der Waals surface area (Å²) in [5, 5.41) is 7.35. The molecule has 0 saturated carbocycles. The molecule has 1 saturated heterocycles. The molecule has 0 bridgehead atoms. The Kier molecular flexibility index (Phi) is 12.8. The molecule has 1 aliphatic heterocycles. The maximum absolute atomic E-state index is 6.37. The van der Waals surface area contributed by atoms with E-state index in [2.05, 4.69) is 34.4 Å². The van der Waals surface area contributed by atoms with Crippen molar-refractivity contribution in [2.24, 2.45) is 10.9 Å². The van der Waals surface area contributed by atoms with Crippen LogP contribution in [0.4, 0.5) is 0 Å². The van der Waals surface area contributed by atoms with Gasteiger partial charge in [0.05, 0.1) is 32.0 Å². The van der Waals surface area contributed by atoms with Gasteiger partial charge >= 0.3 is 0 Å². The van der Waals surface area contributed by atoms with Crippen LogP contribution in [0.2, 0.25) is 5.02 Å². The van der Waals surface area contributed by atoms with Crippen LogP contribution < -0.4 is 20.1 Å². The van der Waals surface area contributed by atoms with Crippen molar-refractivity contribution in [1.29, 1.82) is 0 Å². The van der Waals surface area contributed by atoms with Crippen LogP contribution in [0.15, 0.2) is 17.1 Å². The summed E-state index contributed by atoms with van der Waals surface area (Å²) in [4.78, 5) is 6.85. The van der Waals surface area contributed by atoms with Gasteiger partial charge in [-0.15, -0.1) is 24.0 Å². The molecule has 0 spiro atoms. The number of halogens is 2. The summed E-state index contributed by atoms with van der Waals surface area (Å²) in [6.45, 7) is 11.9. The highest BCUT2D eigenvalue weighted by atomic mass is 127. The highest BCUT2D eigenvalue weighted by molar-refractivity contribution is 14.0. The van der Waals surface area contributed by atoms with Crippen LogP contribution >= 0.6 is 35.6 Å². The molecule has 2 rings (SSSR count). The van der Waals surface area contributed by atoms with Gasteiger partial charge in [0.1, 0.15) is 0 Å². The Balaban J connectivity index is 0.00000450. The van der Waals surface area contributed by atoms with E-state index in [9.17, 15) is 0 Å². The molecular weight excluding hydrogens is 519 g/mol. The van der Waals surface area contributed by atoms with Gasteiger partial charge in [-0.1, -0.05) is 25.4 Å². The Morgan fingerprint density at radius 2 is 1.97 bits per heavy atom. The van der Waals surface area contributed by atoms with E-state index in [1.165, 1.54) is 0 Å². The third kappa shape index (κ3) is 7.94. The molecule has 30 heavy (non-hydrogen) atoms. The lowest BCUT2D eigenvalue weighted by molar-refractivity contribution is 0.00752. The van der Waals surface area contributed by atoms with E-state index >= 15 is 0 Å². The molecule has 0 aromatic heterocycles. The predicted molar refractivity (Wildman–Crippen MR) is 134 cm³/mol. The summed E-state index contributed by atoms with van der Waals surface area (Å²) < 4.78 is 16.5. The number of methoxy groups -OCH3 is 1. The molecule has 0 aliphatic carbocycles. The van der Waals surface area contributed by atoms with E-state index in [0.29, 0.717) is 41.6 Å². The maximum atomic E-state index is 6.37. The number of ether oxygens (including phenoxy) is 3. The monoisotopic (exact) mass is 554 g/mol. The minimum Gasteiger partial charge on any atom is -0.493 e. The molecule has 7 nitrogen and oxygen atoms in total. The van der Waals surface area contributed by atoms with Gasteiger partial charge in [-0.05, 0) is 30.5 Å². The maximum Gasteiger partial charge on any atom is 0.191 e. The highest BCUT2D eigenvalue weighted by Crippen LogP contribution is 2.36. The van der Waals surface area contributed by atoms with Gasteiger partial charge in [-0.3, -0.25) is 9.89 Å². The molecule has 1 heterocycles. The molecule has 1 aliphatic rings. The number of rotatable bonds is 9. The number of guanidine groups is 1. The molecule has 1 aromatic rings. The van der Waals surface area contributed by atoms with Crippen molar-refractivity contribution in [1.82, 2.24) is 15.5 Å². The smallest absolute Gasteiger partial charge is 0.191 e.